The largest absolute Gasteiger partial charge is 0.348 e. The van der Waals surface area contributed by atoms with E-state index >= 15 is 0 Å². The number of aromatic nitrogens is 2. The van der Waals surface area contributed by atoms with Crippen molar-refractivity contribution in [2.45, 2.75) is 26.3 Å². The standard InChI is InChI=1S/C10H18N4O/c1-7(4-5-11)12-10(15)9-6-8(2)13-14(9)3/h6-7H,4-5,11H2,1-3H3,(H,12,15). The van der Waals surface area contributed by atoms with Crippen LogP contribution in [0, 0.1) is 6.92 Å². The van der Waals surface area contributed by atoms with Gasteiger partial charge in [-0.3, -0.25) is 9.48 Å². The van der Waals surface area contributed by atoms with Crippen LogP contribution in [0.1, 0.15) is 29.5 Å². The molecule has 1 amide bonds. The molecule has 1 heterocycles. The van der Waals surface area contributed by atoms with Crippen LogP contribution >= 0.6 is 0 Å². The zero-order chi connectivity index (χ0) is 11.4. The number of nitrogens with two attached hydrogens (primary N) is 1. The van der Waals surface area contributed by atoms with Gasteiger partial charge in [0.05, 0.1) is 5.69 Å². The van der Waals surface area contributed by atoms with Crippen LogP contribution in [0.3, 0.4) is 0 Å². The van der Waals surface area contributed by atoms with Crippen LogP contribution < -0.4 is 11.1 Å². The summed E-state index contributed by atoms with van der Waals surface area (Å²) >= 11 is 0. The topological polar surface area (TPSA) is 72.9 Å². The van der Waals surface area contributed by atoms with Crippen molar-refractivity contribution < 1.29 is 4.79 Å². The molecule has 0 saturated heterocycles. The highest BCUT2D eigenvalue weighted by atomic mass is 16.2. The molecule has 1 aromatic heterocycles. The predicted octanol–water partition coefficient (Wildman–Crippen LogP) is 0.196. The highest BCUT2D eigenvalue weighted by Gasteiger charge is 2.13. The molecule has 3 N–H and O–H groups in total. The minimum Gasteiger partial charge on any atom is -0.348 e. The molecule has 0 aromatic carbocycles. The summed E-state index contributed by atoms with van der Waals surface area (Å²) in [6, 6.07) is 1.86. The first-order chi connectivity index (χ1) is 7.04. The summed E-state index contributed by atoms with van der Waals surface area (Å²) < 4.78 is 1.58. The summed E-state index contributed by atoms with van der Waals surface area (Å²) in [5.41, 5.74) is 6.83. The summed E-state index contributed by atoms with van der Waals surface area (Å²) in [5, 5.41) is 6.99. The zero-order valence-corrected chi connectivity index (χ0v) is 9.45. The van der Waals surface area contributed by atoms with E-state index in [-0.39, 0.29) is 11.9 Å². The van der Waals surface area contributed by atoms with Crippen molar-refractivity contribution in [2.24, 2.45) is 12.8 Å². The Labute approximate surface area is 89.6 Å². The van der Waals surface area contributed by atoms with Crippen molar-refractivity contribution in [1.29, 1.82) is 0 Å². The zero-order valence-electron chi connectivity index (χ0n) is 9.45. The lowest BCUT2D eigenvalue weighted by Gasteiger charge is -2.12. The third kappa shape index (κ3) is 3.06. The molecule has 1 unspecified atom stereocenters. The van der Waals surface area contributed by atoms with Gasteiger partial charge >= 0.3 is 0 Å². The first-order valence-electron chi connectivity index (χ1n) is 5.06. The van der Waals surface area contributed by atoms with E-state index in [1.807, 2.05) is 13.8 Å². The number of amides is 1. The van der Waals surface area contributed by atoms with E-state index in [1.54, 1.807) is 17.8 Å². The van der Waals surface area contributed by atoms with Gasteiger partial charge < -0.3 is 11.1 Å². The molecular formula is C10H18N4O. The number of hydrogen-bond donors (Lipinski definition) is 2. The van der Waals surface area contributed by atoms with E-state index < -0.39 is 0 Å². The fourth-order valence-corrected chi connectivity index (χ4v) is 1.44. The minimum absolute atomic E-state index is 0.0951. The van der Waals surface area contributed by atoms with E-state index in [9.17, 15) is 4.79 Å². The molecule has 0 spiro atoms. The van der Waals surface area contributed by atoms with Crippen LogP contribution in [0.5, 0.6) is 0 Å². The van der Waals surface area contributed by atoms with E-state index in [1.165, 1.54) is 0 Å². The second-order valence-corrected chi connectivity index (χ2v) is 3.75. The second kappa shape index (κ2) is 4.93. The van der Waals surface area contributed by atoms with E-state index in [0.29, 0.717) is 12.2 Å². The average Bonchev–Trinajstić information content (AvgIpc) is 2.45. The van der Waals surface area contributed by atoms with Crippen LogP contribution in [-0.4, -0.2) is 28.3 Å². The van der Waals surface area contributed by atoms with Crippen LogP contribution in [0.4, 0.5) is 0 Å². The second-order valence-electron chi connectivity index (χ2n) is 3.75. The van der Waals surface area contributed by atoms with Gasteiger partial charge in [-0.15, -0.1) is 0 Å². The van der Waals surface area contributed by atoms with Crippen molar-refractivity contribution in [3.63, 3.8) is 0 Å². The predicted molar refractivity (Wildman–Crippen MR) is 58.5 cm³/mol. The summed E-state index contributed by atoms with van der Waals surface area (Å²) in [6.07, 6.45) is 0.780. The summed E-state index contributed by atoms with van der Waals surface area (Å²) in [7, 11) is 1.76. The number of nitrogens with one attached hydrogen (secondary N) is 1. The molecule has 0 saturated carbocycles. The Morgan fingerprint density at radius 1 is 1.73 bits per heavy atom. The molecule has 0 fully saturated rings. The summed E-state index contributed by atoms with van der Waals surface area (Å²) in [5.74, 6) is -0.0981. The third-order valence-electron chi connectivity index (χ3n) is 2.21. The Hall–Kier alpha value is -1.36. The van der Waals surface area contributed by atoms with Crippen molar-refractivity contribution in [3.05, 3.63) is 17.5 Å². The Morgan fingerprint density at radius 2 is 2.40 bits per heavy atom. The lowest BCUT2D eigenvalue weighted by molar-refractivity contribution is 0.0929. The quantitative estimate of drug-likeness (QED) is 0.745. The number of hydrogen-bond acceptors (Lipinski definition) is 3. The van der Waals surface area contributed by atoms with E-state index in [0.717, 1.165) is 12.1 Å². The molecule has 1 atom stereocenters. The Kier molecular flexibility index (Phi) is 3.85. The molecule has 0 radical (unpaired) electrons. The van der Waals surface area contributed by atoms with Gasteiger partial charge in [-0.2, -0.15) is 5.10 Å². The number of aryl methyl sites for hydroxylation is 2. The van der Waals surface area contributed by atoms with Crippen molar-refractivity contribution in [1.82, 2.24) is 15.1 Å². The van der Waals surface area contributed by atoms with Gasteiger partial charge in [0.2, 0.25) is 0 Å². The minimum atomic E-state index is -0.0981. The molecule has 0 bridgehead atoms. The van der Waals surface area contributed by atoms with Gasteiger partial charge in [0.25, 0.3) is 5.91 Å². The highest BCUT2D eigenvalue weighted by molar-refractivity contribution is 5.92. The average molecular weight is 210 g/mol. The SMILES string of the molecule is Cc1cc(C(=O)NC(C)CCN)n(C)n1. The molecule has 5 heteroatoms. The van der Waals surface area contributed by atoms with Crippen molar-refractivity contribution in [2.75, 3.05) is 6.54 Å². The molecular weight excluding hydrogens is 192 g/mol. The fourth-order valence-electron chi connectivity index (χ4n) is 1.44. The van der Waals surface area contributed by atoms with Gasteiger partial charge in [-0.05, 0) is 32.9 Å². The van der Waals surface area contributed by atoms with E-state index in [4.69, 9.17) is 5.73 Å². The molecule has 0 aliphatic carbocycles. The van der Waals surface area contributed by atoms with E-state index in [2.05, 4.69) is 10.4 Å². The van der Waals surface area contributed by atoms with Crippen LogP contribution in [0.15, 0.2) is 6.07 Å². The maximum atomic E-state index is 11.8. The third-order valence-corrected chi connectivity index (χ3v) is 2.21. The maximum Gasteiger partial charge on any atom is 0.269 e. The molecule has 1 aromatic rings. The number of carbonyl (C=O) groups excluding carboxylic acids is 1. The number of rotatable bonds is 4. The molecule has 5 nitrogen and oxygen atoms in total. The van der Waals surface area contributed by atoms with Crippen molar-refractivity contribution >= 4 is 5.91 Å². The maximum absolute atomic E-state index is 11.8. The Morgan fingerprint density at radius 3 is 2.87 bits per heavy atom. The monoisotopic (exact) mass is 210 g/mol. The molecule has 0 aliphatic heterocycles. The number of carbonyl (C=O) groups is 1. The lowest BCUT2D eigenvalue weighted by Crippen LogP contribution is -2.35. The number of nitrogens with zero attached hydrogens (tertiary/aromatic N) is 2. The first kappa shape index (κ1) is 11.7. The lowest BCUT2D eigenvalue weighted by atomic mass is 10.2. The molecule has 1 rings (SSSR count). The normalized spacial score (nSPS) is 12.5. The van der Waals surface area contributed by atoms with Crippen LogP contribution in [0.25, 0.3) is 0 Å². The van der Waals surface area contributed by atoms with Gasteiger partial charge in [0, 0.05) is 13.1 Å². The summed E-state index contributed by atoms with van der Waals surface area (Å²) in [6.45, 7) is 4.37. The van der Waals surface area contributed by atoms with Crippen molar-refractivity contribution in [3.8, 4) is 0 Å². The fraction of sp³-hybridized carbons (Fsp3) is 0.600. The van der Waals surface area contributed by atoms with Crippen LogP contribution in [0.2, 0.25) is 0 Å². The summed E-state index contributed by atoms with van der Waals surface area (Å²) in [4.78, 5) is 11.8. The molecule has 0 aliphatic rings. The Bertz CT molecular complexity index is 345. The first-order valence-corrected chi connectivity index (χ1v) is 5.06. The highest BCUT2D eigenvalue weighted by Crippen LogP contribution is 2.02. The van der Waals surface area contributed by atoms with Gasteiger partial charge in [-0.25, -0.2) is 0 Å². The van der Waals surface area contributed by atoms with Crippen LogP contribution in [-0.2, 0) is 7.05 Å². The van der Waals surface area contributed by atoms with Gasteiger partial charge in [0.15, 0.2) is 0 Å². The smallest absolute Gasteiger partial charge is 0.269 e. The Balaban J connectivity index is 2.65. The van der Waals surface area contributed by atoms with Gasteiger partial charge in [-0.1, -0.05) is 0 Å². The molecule has 84 valence electrons. The molecule has 15 heavy (non-hydrogen) atoms. The van der Waals surface area contributed by atoms with Gasteiger partial charge in [0.1, 0.15) is 5.69 Å².